The molecule has 0 aromatic heterocycles. The van der Waals surface area contributed by atoms with E-state index < -0.39 is 28.1 Å². The lowest BCUT2D eigenvalue weighted by molar-refractivity contribution is -0.133. The molecule has 8 heteroatoms. The molecule has 2 aromatic rings. The molecule has 0 saturated heterocycles. The van der Waals surface area contributed by atoms with Crippen molar-refractivity contribution < 1.29 is 24.5 Å². The molecule has 0 bridgehead atoms. The highest BCUT2D eigenvalue weighted by molar-refractivity contribution is 8.01. The summed E-state index contributed by atoms with van der Waals surface area (Å²) in [5.41, 5.74) is -1.73. The van der Waals surface area contributed by atoms with E-state index in [1.807, 2.05) is 24.3 Å². The summed E-state index contributed by atoms with van der Waals surface area (Å²) in [6.45, 7) is 0. The van der Waals surface area contributed by atoms with Crippen molar-refractivity contribution in [2.45, 2.75) is 10.7 Å². The minimum atomic E-state index is -1.43. The Kier molecular flexibility index (Phi) is 5.45. The fraction of sp³-hybridized carbons (Fsp3) is 0.105. The molecule has 1 heterocycles. The Morgan fingerprint density at radius 1 is 1.04 bits per heavy atom. The molecule has 3 N–H and O–H groups in total. The van der Waals surface area contributed by atoms with E-state index >= 15 is 0 Å². The van der Waals surface area contributed by atoms with Crippen molar-refractivity contribution in [3.05, 3.63) is 65.7 Å². The van der Waals surface area contributed by atoms with Gasteiger partial charge in [-0.15, -0.1) is 11.8 Å². The molecule has 2 aromatic carbocycles. The van der Waals surface area contributed by atoms with E-state index in [9.17, 15) is 19.8 Å². The zero-order valence-corrected chi connectivity index (χ0v) is 14.6. The molecule has 0 aliphatic carbocycles. The van der Waals surface area contributed by atoms with E-state index in [-0.39, 0.29) is 5.57 Å². The molecule has 136 valence electrons. The standard InChI is InChI=1S/C19H14N2O5S/c20-10-14-15(16(18(23)24)19(25)27-14)17(22)21-11-6-8-13(9-7-11)26-12-4-2-1-3-5-12/h1-9,14,19,25H,(H,21,22)(H,23,24). The van der Waals surface area contributed by atoms with Gasteiger partial charge in [0.05, 0.1) is 17.2 Å². The number of carbonyl (C=O) groups excluding carboxylic acids is 1. The number of nitrogens with zero attached hydrogens (tertiary/aromatic N) is 1. The van der Waals surface area contributed by atoms with Gasteiger partial charge < -0.3 is 20.3 Å². The van der Waals surface area contributed by atoms with Gasteiger partial charge in [-0.05, 0) is 36.4 Å². The topological polar surface area (TPSA) is 120 Å². The smallest absolute Gasteiger partial charge is 0.335 e. The van der Waals surface area contributed by atoms with Crippen molar-refractivity contribution in [1.29, 1.82) is 5.26 Å². The van der Waals surface area contributed by atoms with Crippen LogP contribution in [0, 0.1) is 11.3 Å². The zero-order valence-electron chi connectivity index (χ0n) is 13.8. The maximum absolute atomic E-state index is 12.5. The lowest BCUT2D eigenvalue weighted by atomic mass is 10.1. The number of ether oxygens (including phenoxy) is 1. The molecule has 0 spiro atoms. The maximum atomic E-state index is 12.5. The number of amides is 1. The number of rotatable bonds is 5. The van der Waals surface area contributed by atoms with Crippen molar-refractivity contribution in [1.82, 2.24) is 0 Å². The van der Waals surface area contributed by atoms with Gasteiger partial charge in [-0.3, -0.25) is 4.79 Å². The number of aliphatic hydroxyl groups excluding tert-OH is 1. The van der Waals surface area contributed by atoms with Crippen LogP contribution in [0.4, 0.5) is 5.69 Å². The quantitative estimate of drug-likeness (QED) is 0.727. The summed E-state index contributed by atoms with van der Waals surface area (Å²) in [7, 11) is 0. The van der Waals surface area contributed by atoms with Gasteiger partial charge in [0.1, 0.15) is 22.2 Å². The Labute approximate surface area is 158 Å². The Morgan fingerprint density at radius 3 is 2.26 bits per heavy atom. The van der Waals surface area contributed by atoms with Gasteiger partial charge in [0.2, 0.25) is 0 Å². The van der Waals surface area contributed by atoms with Crippen LogP contribution in [0.5, 0.6) is 11.5 Å². The average molecular weight is 382 g/mol. The van der Waals surface area contributed by atoms with Crippen LogP contribution in [0.3, 0.4) is 0 Å². The number of carboxylic acids is 1. The molecule has 7 nitrogen and oxygen atoms in total. The van der Waals surface area contributed by atoms with Gasteiger partial charge in [0, 0.05) is 5.69 Å². The molecule has 27 heavy (non-hydrogen) atoms. The van der Waals surface area contributed by atoms with Crippen LogP contribution in [0.2, 0.25) is 0 Å². The number of hydrogen-bond donors (Lipinski definition) is 3. The normalized spacial score (nSPS) is 18.7. The summed E-state index contributed by atoms with van der Waals surface area (Å²) in [5.74, 6) is -0.935. The predicted octanol–water partition coefficient (Wildman–Crippen LogP) is 2.76. The first-order valence-electron chi connectivity index (χ1n) is 7.84. The van der Waals surface area contributed by atoms with Crippen LogP contribution < -0.4 is 10.1 Å². The van der Waals surface area contributed by atoms with Crippen molar-refractivity contribution in [2.24, 2.45) is 0 Å². The molecule has 0 fully saturated rings. The van der Waals surface area contributed by atoms with Gasteiger partial charge in [-0.1, -0.05) is 18.2 Å². The number of hydrogen-bond acceptors (Lipinski definition) is 6. The lowest BCUT2D eigenvalue weighted by Gasteiger charge is -2.10. The molecule has 3 rings (SSSR count). The van der Waals surface area contributed by atoms with E-state index in [1.165, 1.54) is 0 Å². The highest BCUT2D eigenvalue weighted by atomic mass is 32.2. The number of anilines is 1. The molecule has 0 radical (unpaired) electrons. The number of benzene rings is 2. The largest absolute Gasteiger partial charge is 0.478 e. The minimum Gasteiger partial charge on any atom is -0.478 e. The first-order chi connectivity index (χ1) is 13.0. The summed E-state index contributed by atoms with van der Waals surface area (Å²) in [4.78, 5) is 23.8. The summed E-state index contributed by atoms with van der Waals surface area (Å²) >= 11 is 0.711. The van der Waals surface area contributed by atoms with Crippen LogP contribution in [-0.2, 0) is 9.59 Å². The number of aliphatic hydroxyl groups is 1. The summed E-state index contributed by atoms with van der Waals surface area (Å²) < 4.78 is 5.66. The van der Waals surface area contributed by atoms with Gasteiger partial charge in [-0.25, -0.2) is 4.79 Å². The summed E-state index contributed by atoms with van der Waals surface area (Å²) in [6.07, 6.45) is 0. The first-order valence-corrected chi connectivity index (χ1v) is 8.78. The Hall–Kier alpha value is -3.28. The number of carbonyl (C=O) groups is 2. The van der Waals surface area contributed by atoms with E-state index in [0.717, 1.165) is 0 Å². The predicted molar refractivity (Wildman–Crippen MR) is 99.2 cm³/mol. The maximum Gasteiger partial charge on any atom is 0.335 e. The van der Waals surface area contributed by atoms with Gasteiger partial charge in [0.15, 0.2) is 0 Å². The van der Waals surface area contributed by atoms with Crippen LogP contribution in [0.25, 0.3) is 0 Å². The third kappa shape index (κ3) is 4.11. The Morgan fingerprint density at radius 2 is 1.67 bits per heavy atom. The average Bonchev–Trinajstić information content (AvgIpc) is 3.01. The number of carboxylic acid groups (broad SMARTS) is 1. The molecule has 1 aliphatic heterocycles. The van der Waals surface area contributed by atoms with Gasteiger partial charge >= 0.3 is 5.97 Å². The molecule has 1 aliphatic rings. The van der Waals surface area contributed by atoms with Gasteiger partial charge in [-0.2, -0.15) is 5.26 Å². The van der Waals surface area contributed by atoms with Crippen molar-refractivity contribution in [3.63, 3.8) is 0 Å². The fourth-order valence-electron chi connectivity index (χ4n) is 2.53. The number of thioether (sulfide) groups is 1. The first kappa shape index (κ1) is 18.5. The second-order valence-electron chi connectivity index (χ2n) is 5.52. The number of nitriles is 1. The molecule has 0 saturated carbocycles. The Balaban J connectivity index is 1.76. The monoisotopic (exact) mass is 382 g/mol. The van der Waals surface area contributed by atoms with E-state index in [2.05, 4.69) is 5.32 Å². The van der Waals surface area contributed by atoms with Crippen LogP contribution in [0.1, 0.15) is 0 Å². The molecule has 2 atom stereocenters. The third-order valence-electron chi connectivity index (χ3n) is 3.75. The van der Waals surface area contributed by atoms with Crippen molar-refractivity contribution in [3.8, 4) is 17.6 Å². The van der Waals surface area contributed by atoms with E-state index in [1.54, 1.807) is 36.4 Å². The third-order valence-corrected chi connectivity index (χ3v) is 4.85. The SMILES string of the molecule is N#CC1SC(O)C(C(=O)O)=C1C(=O)Nc1ccc(Oc2ccccc2)cc1. The number of nitrogens with one attached hydrogen (secondary N) is 1. The second-order valence-corrected chi connectivity index (χ2v) is 6.71. The lowest BCUT2D eigenvalue weighted by Crippen LogP contribution is -2.22. The molecular weight excluding hydrogens is 368 g/mol. The second kappa shape index (κ2) is 7.95. The van der Waals surface area contributed by atoms with Crippen LogP contribution in [0.15, 0.2) is 65.7 Å². The highest BCUT2D eigenvalue weighted by Gasteiger charge is 2.40. The minimum absolute atomic E-state index is 0.243. The summed E-state index contributed by atoms with van der Waals surface area (Å²) in [5, 5.41) is 29.7. The van der Waals surface area contributed by atoms with E-state index in [4.69, 9.17) is 10.00 Å². The van der Waals surface area contributed by atoms with Crippen LogP contribution in [-0.4, -0.2) is 32.8 Å². The fourth-order valence-corrected chi connectivity index (χ4v) is 3.58. The number of para-hydroxylation sites is 1. The zero-order chi connectivity index (χ0) is 19.4. The highest BCUT2D eigenvalue weighted by Crippen LogP contribution is 2.38. The van der Waals surface area contributed by atoms with Crippen molar-refractivity contribution in [2.75, 3.05) is 5.32 Å². The van der Waals surface area contributed by atoms with E-state index in [0.29, 0.717) is 28.9 Å². The Bertz CT molecular complexity index is 935. The molecule has 1 amide bonds. The summed E-state index contributed by atoms with van der Waals surface area (Å²) in [6, 6.07) is 17.5. The van der Waals surface area contributed by atoms with Crippen molar-refractivity contribution >= 4 is 29.3 Å². The van der Waals surface area contributed by atoms with Crippen LogP contribution >= 0.6 is 11.8 Å². The number of aliphatic carboxylic acids is 1. The molecular formula is C19H14N2O5S. The van der Waals surface area contributed by atoms with Gasteiger partial charge in [0.25, 0.3) is 5.91 Å². The molecule has 2 unspecified atom stereocenters.